The molecule has 0 spiro atoms. The molecule has 3 aromatic carbocycles. The van der Waals surface area contributed by atoms with Crippen LogP contribution in [0.4, 0.5) is 0 Å². The second-order valence-corrected chi connectivity index (χ2v) is 9.05. The summed E-state index contributed by atoms with van der Waals surface area (Å²) in [5.41, 5.74) is 6.67. The third-order valence-electron chi connectivity index (χ3n) is 6.13. The maximum Gasteiger partial charge on any atom is 0.0964 e. The molecule has 7 rings (SSSR count). The van der Waals surface area contributed by atoms with Crippen molar-refractivity contribution >= 4 is 53.4 Å². The van der Waals surface area contributed by atoms with Crippen molar-refractivity contribution in [2.45, 2.75) is 0 Å². The van der Waals surface area contributed by atoms with Gasteiger partial charge in [0, 0.05) is 55.4 Å². The minimum atomic E-state index is 1.02. The molecule has 0 atom stereocenters. The first-order chi connectivity index (χ1) is 15.9. The van der Waals surface area contributed by atoms with Crippen molar-refractivity contribution in [3.8, 4) is 16.8 Å². The van der Waals surface area contributed by atoms with Crippen molar-refractivity contribution in [2.24, 2.45) is 0 Å². The molecule has 0 N–H and O–H groups in total. The number of hydrogen-bond donors (Lipinski definition) is 0. The van der Waals surface area contributed by atoms with E-state index in [1.54, 1.807) is 0 Å². The summed E-state index contributed by atoms with van der Waals surface area (Å²) >= 11 is 1.84. The molecule has 0 amide bonds. The van der Waals surface area contributed by atoms with Crippen LogP contribution in [0, 0.1) is 0 Å². The standard InChI is InChI=1S/C28H17N3S/c1-2-6-18(7-3-1)19-14-25-28(30-17-19)23-15-22-21-8-4-5-9-26(21)32-27(22)16-24(23)31(25)20-10-12-29-13-11-20/h1-17H. The van der Waals surface area contributed by atoms with Crippen molar-refractivity contribution in [2.75, 3.05) is 0 Å². The average Bonchev–Trinajstić information content (AvgIpc) is 3.38. The van der Waals surface area contributed by atoms with Gasteiger partial charge in [0.05, 0.1) is 16.6 Å². The van der Waals surface area contributed by atoms with Crippen LogP contribution in [0.2, 0.25) is 0 Å². The Morgan fingerprint density at radius 3 is 2.31 bits per heavy atom. The predicted molar refractivity (Wildman–Crippen MR) is 135 cm³/mol. The molecule has 32 heavy (non-hydrogen) atoms. The van der Waals surface area contributed by atoms with Crippen LogP contribution in [0.15, 0.2) is 104 Å². The summed E-state index contributed by atoms with van der Waals surface area (Å²) in [5.74, 6) is 0. The van der Waals surface area contributed by atoms with Crippen LogP contribution in [0.3, 0.4) is 0 Å². The van der Waals surface area contributed by atoms with Gasteiger partial charge in [0.2, 0.25) is 0 Å². The fraction of sp³-hybridized carbons (Fsp3) is 0. The predicted octanol–water partition coefficient (Wildman–Crippen LogP) is 7.61. The molecule has 4 heteroatoms. The molecule has 0 radical (unpaired) electrons. The number of aromatic nitrogens is 3. The Kier molecular flexibility index (Phi) is 3.72. The zero-order chi connectivity index (χ0) is 21.1. The van der Waals surface area contributed by atoms with E-state index in [4.69, 9.17) is 4.98 Å². The molecular weight excluding hydrogens is 410 g/mol. The number of nitrogens with zero attached hydrogens (tertiary/aromatic N) is 3. The number of pyridine rings is 2. The molecule has 3 nitrogen and oxygen atoms in total. The maximum atomic E-state index is 4.97. The van der Waals surface area contributed by atoms with Gasteiger partial charge in [-0.2, -0.15) is 0 Å². The van der Waals surface area contributed by atoms with Crippen LogP contribution >= 0.6 is 11.3 Å². The number of rotatable bonds is 2. The normalized spacial score (nSPS) is 11.8. The summed E-state index contributed by atoms with van der Waals surface area (Å²) in [6.45, 7) is 0. The Bertz CT molecular complexity index is 1760. The van der Waals surface area contributed by atoms with Crippen molar-refractivity contribution in [3.63, 3.8) is 0 Å². The van der Waals surface area contributed by atoms with Crippen LogP contribution in [-0.4, -0.2) is 14.5 Å². The Morgan fingerprint density at radius 2 is 1.44 bits per heavy atom. The third-order valence-corrected chi connectivity index (χ3v) is 7.26. The minimum absolute atomic E-state index is 1.02. The highest BCUT2D eigenvalue weighted by atomic mass is 32.1. The van der Waals surface area contributed by atoms with E-state index >= 15 is 0 Å². The van der Waals surface area contributed by atoms with E-state index in [0.29, 0.717) is 0 Å². The molecule has 0 aliphatic rings. The van der Waals surface area contributed by atoms with E-state index in [9.17, 15) is 0 Å². The largest absolute Gasteiger partial charge is 0.307 e. The fourth-order valence-corrected chi connectivity index (χ4v) is 5.78. The molecule has 150 valence electrons. The van der Waals surface area contributed by atoms with Crippen molar-refractivity contribution in [1.82, 2.24) is 14.5 Å². The van der Waals surface area contributed by atoms with Gasteiger partial charge in [-0.15, -0.1) is 11.3 Å². The van der Waals surface area contributed by atoms with Gasteiger partial charge >= 0.3 is 0 Å². The number of hydrogen-bond acceptors (Lipinski definition) is 3. The van der Waals surface area contributed by atoms with Gasteiger partial charge < -0.3 is 4.57 Å². The fourth-order valence-electron chi connectivity index (χ4n) is 4.66. The zero-order valence-corrected chi connectivity index (χ0v) is 17.9. The monoisotopic (exact) mass is 427 g/mol. The van der Waals surface area contributed by atoms with Crippen molar-refractivity contribution in [1.29, 1.82) is 0 Å². The molecule has 0 aliphatic carbocycles. The van der Waals surface area contributed by atoms with Gasteiger partial charge in [-0.25, -0.2) is 0 Å². The van der Waals surface area contributed by atoms with Crippen LogP contribution in [0.5, 0.6) is 0 Å². The molecular formula is C28H17N3S. The summed E-state index contributed by atoms with van der Waals surface area (Å²) in [6.07, 6.45) is 5.68. The van der Waals surface area contributed by atoms with Gasteiger partial charge in [-0.3, -0.25) is 9.97 Å². The minimum Gasteiger partial charge on any atom is -0.307 e. The van der Waals surface area contributed by atoms with Crippen molar-refractivity contribution < 1.29 is 0 Å². The highest BCUT2D eigenvalue weighted by Gasteiger charge is 2.17. The topological polar surface area (TPSA) is 30.7 Å². The lowest BCUT2D eigenvalue weighted by molar-refractivity contribution is 1.15. The lowest BCUT2D eigenvalue weighted by Crippen LogP contribution is -1.94. The molecule has 0 fully saturated rings. The lowest BCUT2D eigenvalue weighted by atomic mass is 10.1. The van der Waals surface area contributed by atoms with Crippen LogP contribution in [0.25, 0.3) is 58.9 Å². The van der Waals surface area contributed by atoms with Gasteiger partial charge in [0.15, 0.2) is 0 Å². The quantitative estimate of drug-likeness (QED) is 0.284. The summed E-state index contributed by atoms with van der Waals surface area (Å²) in [5, 5.41) is 3.77. The number of benzene rings is 3. The van der Waals surface area contributed by atoms with E-state index in [1.165, 1.54) is 36.6 Å². The average molecular weight is 428 g/mol. The highest BCUT2D eigenvalue weighted by molar-refractivity contribution is 7.25. The van der Waals surface area contributed by atoms with Crippen LogP contribution in [0.1, 0.15) is 0 Å². The number of thiophene rings is 1. The van der Waals surface area contributed by atoms with E-state index < -0.39 is 0 Å². The molecule has 4 heterocycles. The molecule has 7 aromatic rings. The van der Waals surface area contributed by atoms with E-state index in [1.807, 2.05) is 36.0 Å². The second-order valence-electron chi connectivity index (χ2n) is 7.96. The van der Waals surface area contributed by atoms with E-state index in [-0.39, 0.29) is 0 Å². The first kappa shape index (κ1) is 17.6. The smallest absolute Gasteiger partial charge is 0.0964 e. The van der Waals surface area contributed by atoms with Crippen LogP contribution in [-0.2, 0) is 0 Å². The first-order valence-electron chi connectivity index (χ1n) is 10.6. The van der Waals surface area contributed by atoms with Gasteiger partial charge in [0.25, 0.3) is 0 Å². The Hall–Kier alpha value is -4.02. The lowest BCUT2D eigenvalue weighted by Gasteiger charge is -2.08. The summed E-state index contributed by atoms with van der Waals surface area (Å²) in [7, 11) is 0. The van der Waals surface area contributed by atoms with Crippen LogP contribution < -0.4 is 0 Å². The SMILES string of the molecule is c1ccc(-c2cnc3c4cc5c(cc4n(-c4ccncc4)c3c2)sc2ccccc25)cc1. The highest BCUT2D eigenvalue weighted by Crippen LogP contribution is 2.40. The van der Waals surface area contributed by atoms with Crippen molar-refractivity contribution in [3.05, 3.63) is 104 Å². The molecule has 0 unspecified atom stereocenters. The molecule has 0 aliphatic heterocycles. The summed E-state index contributed by atoms with van der Waals surface area (Å²) in [6, 6.07) is 30.1. The Morgan fingerprint density at radius 1 is 0.625 bits per heavy atom. The summed E-state index contributed by atoms with van der Waals surface area (Å²) in [4.78, 5) is 9.20. The van der Waals surface area contributed by atoms with E-state index in [0.717, 1.165) is 22.3 Å². The zero-order valence-electron chi connectivity index (χ0n) is 17.1. The molecule has 0 saturated heterocycles. The van der Waals surface area contributed by atoms with Gasteiger partial charge in [0.1, 0.15) is 0 Å². The van der Waals surface area contributed by atoms with Gasteiger partial charge in [-0.05, 0) is 42.0 Å². The molecule has 0 saturated carbocycles. The Balaban J connectivity index is 1.63. The third kappa shape index (κ3) is 2.53. The first-order valence-corrected chi connectivity index (χ1v) is 11.4. The van der Waals surface area contributed by atoms with Gasteiger partial charge in [-0.1, -0.05) is 48.5 Å². The second kappa shape index (κ2) is 6.74. The Labute approximate surface area is 188 Å². The van der Waals surface area contributed by atoms with E-state index in [2.05, 4.69) is 88.4 Å². The molecule has 0 bridgehead atoms. The number of fused-ring (bicyclic) bond motifs is 6. The summed E-state index contributed by atoms with van der Waals surface area (Å²) < 4.78 is 4.92. The molecule has 4 aromatic heterocycles. The maximum absolute atomic E-state index is 4.97.